The minimum absolute atomic E-state index is 0.0343. The van der Waals surface area contributed by atoms with Gasteiger partial charge in [-0.3, -0.25) is 4.79 Å². The molecule has 3 heterocycles. The molecule has 0 saturated carbocycles. The van der Waals surface area contributed by atoms with Crippen LogP contribution in [0.3, 0.4) is 0 Å². The minimum atomic E-state index is -0.0343. The van der Waals surface area contributed by atoms with Gasteiger partial charge in [-0.2, -0.15) is 0 Å². The van der Waals surface area contributed by atoms with Crippen molar-refractivity contribution >= 4 is 50.3 Å². The zero-order valence-electron chi connectivity index (χ0n) is 14.7. The number of amides is 1. The van der Waals surface area contributed by atoms with E-state index in [1.54, 1.807) is 0 Å². The lowest BCUT2D eigenvalue weighted by Crippen LogP contribution is -2.24. The summed E-state index contributed by atoms with van der Waals surface area (Å²) in [4.78, 5) is 21.4. The number of hydrogen-bond donors (Lipinski definition) is 1. The van der Waals surface area contributed by atoms with Crippen LogP contribution < -0.4 is 5.32 Å². The summed E-state index contributed by atoms with van der Waals surface area (Å²) in [7, 11) is 0. The van der Waals surface area contributed by atoms with Crippen LogP contribution in [0.5, 0.6) is 0 Å². The minimum Gasteiger partial charge on any atom is -0.350 e. The highest BCUT2D eigenvalue weighted by Crippen LogP contribution is 2.23. The average molecular weight is 444 g/mol. The van der Waals surface area contributed by atoms with Gasteiger partial charge in [0.1, 0.15) is 5.65 Å². The third-order valence-electron chi connectivity index (χ3n) is 4.20. The molecule has 0 fully saturated rings. The first-order chi connectivity index (χ1) is 13.1. The molecule has 138 valence electrons. The largest absolute Gasteiger partial charge is 0.350 e. The fourth-order valence-corrected chi connectivity index (χ4v) is 4.20. The summed E-state index contributed by atoms with van der Waals surface area (Å²) in [5.41, 5.74) is 3.73. The van der Waals surface area contributed by atoms with Crippen LogP contribution in [0, 0.1) is 0 Å². The molecule has 1 N–H and O–H groups in total. The molecule has 0 aliphatic carbocycles. The molecule has 0 unspecified atom stereocenters. The van der Waals surface area contributed by atoms with Crippen LogP contribution in [0.1, 0.15) is 12.6 Å². The molecule has 4 aromatic rings. The van der Waals surface area contributed by atoms with E-state index in [1.807, 2.05) is 47.1 Å². The molecule has 1 aromatic carbocycles. The SMILES string of the molecule is CCn1c(SCC(=O)NCc2cn3cc(Br)ccc3n2)nc2ccccc21. The Hall–Kier alpha value is -2.32. The Kier molecular flexibility index (Phi) is 5.18. The van der Waals surface area contributed by atoms with E-state index in [0.29, 0.717) is 12.3 Å². The van der Waals surface area contributed by atoms with E-state index in [-0.39, 0.29) is 5.91 Å². The maximum Gasteiger partial charge on any atom is 0.230 e. The van der Waals surface area contributed by atoms with Crippen LogP contribution in [-0.2, 0) is 17.9 Å². The predicted octanol–water partition coefficient (Wildman–Crippen LogP) is 3.87. The van der Waals surface area contributed by atoms with E-state index in [4.69, 9.17) is 0 Å². The second kappa shape index (κ2) is 7.74. The molecular formula is C19H18BrN5OS. The van der Waals surface area contributed by atoms with Crippen molar-refractivity contribution in [3.63, 3.8) is 0 Å². The number of benzene rings is 1. The Morgan fingerprint density at radius 1 is 1.19 bits per heavy atom. The number of imidazole rings is 2. The quantitative estimate of drug-likeness (QED) is 0.459. The molecule has 0 bridgehead atoms. The van der Waals surface area contributed by atoms with Gasteiger partial charge in [0.15, 0.2) is 5.16 Å². The molecule has 0 radical (unpaired) electrons. The van der Waals surface area contributed by atoms with Gasteiger partial charge in [-0.15, -0.1) is 0 Å². The number of nitrogens with one attached hydrogen (secondary N) is 1. The number of fused-ring (bicyclic) bond motifs is 2. The second-order valence-corrected chi connectivity index (χ2v) is 7.90. The lowest BCUT2D eigenvalue weighted by atomic mass is 10.3. The van der Waals surface area contributed by atoms with E-state index >= 15 is 0 Å². The van der Waals surface area contributed by atoms with Gasteiger partial charge in [-0.25, -0.2) is 9.97 Å². The first kappa shape index (κ1) is 18.1. The van der Waals surface area contributed by atoms with Crippen LogP contribution in [-0.4, -0.2) is 30.6 Å². The number of carbonyl (C=O) groups excluding carboxylic acids is 1. The normalized spacial score (nSPS) is 11.3. The third-order valence-corrected chi connectivity index (χ3v) is 5.65. The summed E-state index contributed by atoms with van der Waals surface area (Å²) < 4.78 is 5.05. The lowest BCUT2D eigenvalue weighted by molar-refractivity contribution is -0.118. The van der Waals surface area contributed by atoms with Gasteiger partial charge >= 0.3 is 0 Å². The Balaban J connectivity index is 1.38. The molecule has 0 spiro atoms. The zero-order chi connectivity index (χ0) is 18.8. The molecule has 0 saturated heterocycles. The Morgan fingerprint density at radius 2 is 2.04 bits per heavy atom. The highest BCUT2D eigenvalue weighted by Gasteiger charge is 2.12. The second-order valence-electron chi connectivity index (χ2n) is 6.04. The Labute approximate surface area is 169 Å². The first-order valence-corrected chi connectivity index (χ1v) is 10.4. The third kappa shape index (κ3) is 3.86. The first-order valence-electron chi connectivity index (χ1n) is 8.62. The summed E-state index contributed by atoms with van der Waals surface area (Å²) in [5.74, 6) is 0.287. The van der Waals surface area contributed by atoms with Crippen molar-refractivity contribution < 1.29 is 4.79 Å². The van der Waals surface area contributed by atoms with E-state index < -0.39 is 0 Å². The maximum atomic E-state index is 12.3. The molecule has 0 aliphatic heterocycles. The van der Waals surface area contributed by atoms with E-state index in [2.05, 4.69) is 48.8 Å². The summed E-state index contributed by atoms with van der Waals surface area (Å²) in [6.45, 7) is 3.31. The van der Waals surface area contributed by atoms with Crippen molar-refractivity contribution in [3.8, 4) is 0 Å². The number of thioether (sulfide) groups is 1. The van der Waals surface area contributed by atoms with Crippen LogP contribution in [0.2, 0.25) is 0 Å². The number of pyridine rings is 1. The molecule has 27 heavy (non-hydrogen) atoms. The van der Waals surface area contributed by atoms with Crippen LogP contribution in [0.4, 0.5) is 0 Å². The smallest absolute Gasteiger partial charge is 0.230 e. The van der Waals surface area contributed by atoms with Crippen LogP contribution in [0.15, 0.2) is 58.4 Å². The molecular weight excluding hydrogens is 426 g/mol. The predicted molar refractivity (Wildman–Crippen MR) is 111 cm³/mol. The lowest BCUT2D eigenvalue weighted by Gasteiger charge is -2.06. The zero-order valence-corrected chi connectivity index (χ0v) is 17.1. The molecule has 3 aromatic heterocycles. The fourth-order valence-electron chi connectivity index (χ4n) is 2.94. The average Bonchev–Trinajstić information content (AvgIpc) is 3.24. The number of carbonyl (C=O) groups is 1. The number of halogens is 1. The summed E-state index contributed by atoms with van der Waals surface area (Å²) in [5, 5.41) is 3.80. The number of aromatic nitrogens is 4. The van der Waals surface area contributed by atoms with Crippen LogP contribution in [0.25, 0.3) is 16.7 Å². The fraction of sp³-hybridized carbons (Fsp3) is 0.211. The summed E-state index contributed by atoms with van der Waals surface area (Å²) in [6.07, 6.45) is 3.86. The molecule has 0 atom stereocenters. The Bertz CT molecular complexity index is 1120. The van der Waals surface area contributed by atoms with Gasteiger partial charge in [-0.1, -0.05) is 23.9 Å². The number of hydrogen-bond acceptors (Lipinski definition) is 4. The highest BCUT2D eigenvalue weighted by molar-refractivity contribution is 9.10. The highest BCUT2D eigenvalue weighted by atomic mass is 79.9. The number of nitrogens with zero attached hydrogens (tertiary/aromatic N) is 4. The molecule has 8 heteroatoms. The van der Waals surface area contributed by atoms with E-state index in [9.17, 15) is 4.79 Å². The monoisotopic (exact) mass is 443 g/mol. The molecule has 6 nitrogen and oxygen atoms in total. The van der Waals surface area contributed by atoms with Crippen molar-refractivity contribution in [2.75, 3.05) is 5.75 Å². The van der Waals surface area contributed by atoms with Crippen molar-refractivity contribution in [1.29, 1.82) is 0 Å². The van der Waals surface area contributed by atoms with Crippen molar-refractivity contribution in [3.05, 3.63) is 59.0 Å². The molecule has 0 aliphatic rings. The topological polar surface area (TPSA) is 64.2 Å². The molecule has 1 amide bonds. The van der Waals surface area contributed by atoms with Gasteiger partial charge < -0.3 is 14.3 Å². The number of rotatable bonds is 6. The van der Waals surface area contributed by atoms with Gasteiger partial charge in [0.2, 0.25) is 5.91 Å². The number of para-hydroxylation sites is 2. The van der Waals surface area contributed by atoms with Gasteiger partial charge in [0.05, 0.1) is 29.0 Å². The maximum absolute atomic E-state index is 12.3. The van der Waals surface area contributed by atoms with E-state index in [1.165, 1.54) is 11.8 Å². The van der Waals surface area contributed by atoms with E-state index in [0.717, 1.165) is 38.5 Å². The summed E-state index contributed by atoms with van der Waals surface area (Å²) >= 11 is 4.90. The standard InChI is InChI=1S/C19H18BrN5OS/c1-2-25-16-6-4-3-5-15(16)23-19(25)27-12-18(26)21-9-14-11-24-10-13(20)7-8-17(24)22-14/h3-8,10-11H,2,9,12H2,1H3,(H,21,26). The van der Waals surface area contributed by atoms with Gasteiger partial charge in [0, 0.05) is 23.4 Å². The van der Waals surface area contributed by atoms with Crippen molar-refractivity contribution in [2.24, 2.45) is 0 Å². The molecule has 4 rings (SSSR count). The van der Waals surface area contributed by atoms with Gasteiger partial charge in [-0.05, 0) is 47.1 Å². The van der Waals surface area contributed by atoms with Gasteiger partial charge in [0.25, 0.3) is 0 Å². The van der Waals surface area contributed by atoms with Crippen molar-refractivity contribution in [2.45, 2.75) is 25.2 Å². The summed E-state index contributed by atoms with van der Waals surface area (Å²) in [6, 6.07) is 11.9. The Morgan fingerprint density at radius 3 is 2.89 bits per heavy atom. The van der Waals surface area contributed by atoms with Crippen LogP contribution >= 0.6 is 27.7 Å². The van der Waals surface area contributed by atoms with Crippen molar-refractivity contribution in [1.82, 2.24) is 24.3 Å². The number of aryl methyl sites for hydroxylation is 1.